The van der Waals surface area contributed by atoms with E-state index in [2.05, 4.69) is 9.72 Å². The van der Waals surface area contributed by atoms with Crippen LogP contribution in [-0.4, -0.2) is 28.8 Å². The lowest BCUT2D eigenvalue weighted by atomic mass is 9.90. The molecule has 8 heteroatoms. The Kier molecular flexibility index (Phi) is 4.33. The minimum absolute atomic E-state index is 0.278. The van der Waals surface area contributed by atoms with E-state index in [4.69, 9.17) is 5.11 Å². The maximum absolute atomic E-state index is 11.8. The topological polar surface area (TPSA) is 59.4 Å². The first kappa shape index (κ1) is 14.9. The normalized spacial score (nSPS) is 12.7. The number of carboxylic acids is 1. The van der Waals surface area contributed by atoms with Gasteiger partial charge in [-0.3, -0.25) is 4.79 Å². The van der Waals surface area contributed by atoms with Crippen LogP contribution in [0.5, 0.6) is 0 Å². The van der Waals surface area contributed by atoms with Crippen LogP contribution in [0.15, 0.2) is 5.38 Å². The molecule has 18 heavy (non-hydrogen) atoms. The predicted molar refractivity (Wildman–Crippen MR) is 58.5 cm³/mol. The summed E-state index contributed by atoms with van der Waals surface area (Å²) >= 11 is 1.08. The lowest BCUT2D eigenvalue weighted by Crippen LogP contribution is -2.28. The Morgan fingerprint density at radius 3 is 2.61 bits per heavy atom. The first-order chi connectivity index (χ1) is 8.13. The lowest BCUT2D eigenvalue weighted by molar-refractivity contribution is -0.176. The van der Waals surface area contributed by atoms with Crippen LogP contribution >= 0.6 is 11.3 Å². The standard InChI is InChI=1S/C10H12F3NO3S/c1-9(2,8(15)16)6-4-18-7(14-6)3-17-5-10(11,12)13/h4H,3,5H2,1-2H3,(H,15,16). The maximum atomic E-state index is 11.8. The summed E-state index contributed by atoms with van der Waals surface area (Å²) in [4.78, 5) is 14.9. The first-order valence-electron chi connectivity index (χ1n) is 4.95. The number of carbonyl (C=O) groups is 1. The van der Waals surface area contributed by atoms with Crippen molar-refractivity contribution in [2.24, 2.45) is 0 Å². The van der Waals surface area contributed by atoms with Gasteiger partial charge in [-0.05, 0) is 13.8 Å². The molecule has 0 saturated heterocycles. The number of rotatable bonds is 5. The molecule has 0 aromatic carbocycles. The fourth-order valence-electron chi connectivity index (χ4n) is 1.03. The summed E-state index contributed by atoms with van der Waals surface area (Å²) in [5.41, 5.74) is -0.857. The first-order valence-corrected chi connectivity index (χ1v) is 5.83. The molecule has 0 amide bonds. The second-order valence-electron chi connectivity index (χ2n) is 4.16. The van der Waals surface area contributed by atoms with E-state index in [1.807, 2.05) is 0 Å². The number of alkyl halides is 3. The van der Waals surface area contributed by atoms with Gasteiger partial charge in [0.1, 0.15) is 17.0 Å². The van der Waals surface area contributed by atoms with Crippen LogP contribution in [0.2, 0.25) is 0 Å². The van der Waals surface area contributed by atoms with Crippen LogP contribution in [0.1, 0.15) is 24.5 Å². The fraction of sp³-hybridized carbons (Fsp3) is 0.600. The number of hydrogen-bond donors (Lipinski definition) is 1. The zero-order chi connectivity index (χ0) is 14.0. The molecule has 4 nitrogen and oxygen atoms in total. The zero-order valence-corrected chi connectivity index (χ0v) is 10.6. The monoisotopic (exact) mass is 283 g/mol. The van der Waals surface area contributed by atoms with Crippen LogP contribution < -0.4 is 0 Å². The molecule has 0 aliphatic rings. The van der Waals surface area contributed by atoms with Crippen LogP contribution in [0.25, 0.3) is 0 Å². The van der Waals surface area contributed by atoms with Crippen molar-refractivity contribution in [3.8, 4) is 0 Å². The number of aliphatic carboxylic acids is 1. The lowest BCUT2D eigenvalue weighted by Gasteiger charge is -2.15. The predicted octanol–water partition coefficient (Wildman–Crippen LogP) is 2.58. The van der Waals surface area contributed by atoms with Gasteiger partial charge in [-0.2, -0.15) is 13.2 Å². The molecule has 0 radical (unpaired) electrons. The van der Waals surface area contributed by atoms with E-state index < -0.39 is 24.2 Å². The van der Waals surface area contributed by atoms with E-state index in [1.54, 1.807) is 0 Å². The highest BCUT2D eigenvalue weighted by atomic mass is 32.1. The zero-order valence-electron chi connectivity index (χ0n) is 9.74. The molecule has 0 spiro atoms. The minimum atomic E-state index is -4.37. The highest BCUT2D eigenvalue weighted by Gasteiger charge is 2.32. The van der Waals surface area contributed by atoms with Crippen molar-refractivity contribution in [3.05, 3.63) is 16.1 Å². The Morgan fingerprint density at radius 2 is 2.11 bits per heavy atom. The molecule has 1 N–H and O–H groups in total. The highest BCUT2D eigenvalue weighted by Crippen LogP contribution is 2.25. The molecule has 0 aliphatic heterocycles. The highest BCUT2D eigenvalue weighted by molar-refractivity contribution is 7.09. The average molecular weight is 283 g/mol. The minimum Gasteiger partial charge on any atom is -0.481 e. The second-order valence-corrected chi connectivity index (χ2v) is 5.11. The van der Waals surface area contributed by atoms with Crippen molar-refractivity contribution in [1.82, 2.24) is 4.98 Å². The van der Waals surface area contributed by atoms with Crippen molar-refractivity contribution in [1.29, 1.82) is 0 Å². The summed E-state index contributed by atoms with van der Waals surface area (Å²) in [5.74, 6) is -1.05. The van der Waals surface area contributed by atoms with Gasteiger partial charge in [0.25, 0.3) is 0 Å². The molecule has 1 aromatic heterocycles. The van der Waals surface area contributed by atoms with Gasteiger partial charge in [0.2, 0.25) is 0 Å². The number of nitrogens with zero attached hydrogens (tertiary/aromatic N) is 1. The summed E-state index contributed by atoms with van der Waals surface area (Å²) in [5, 5.41) is 10.8. The molecule has 0 bridgehead atoms. The smallest absolute Gasteiger partial charge is 0.411 e. The third-order valence-corrected chi connectivity index (χ3v) is 3.04. The van der Waals surface area contributed by atoms with Crippen LogP contribution in [0.3, 0.4) is 0 Å². The molecule has 1 heterocycles. The van der Waals surface area contributed by atoms with E-state index in [9.17, 15) is 18.0 Å². The number of carboxylic acid groups (broad SMARTS) is 1. The summed E-state index contributed by atoms with van der Waals surface area (Å²) in [6.07, 6.45) is -4.37. The average Bonchev–Trinajstić information content (AvgIpc) is 2.64. The third kappa shape index (κ3) is 3.95. The summed E-state index contributed by atoms with van der Waals surface area (Å²) in [6.45, 7) is 1.33. The van der Waals surface area contributed by atoms with E-state index in [0.29, 0.717) is 10.7 Å². The molecule has 0 atom stereocenters. The largest absolute Gasteiger partial charge is 0.481 e. The van der Waals surface area contributed by atoms with Crippen LogP contribution in [-0.2, 0) is 21.6 Å². The van der Waals surface area contributed by atoms with Crippen molar-refractivity contribution in [2.45, 2.75) is 32.0 Å². The Bertz CT molecular complexity index is 428. The van der Waals surface area contributed by atoms with Gasteiger partial charge in [-0.1, -0.05) is 0 Å². The molecule has 1 rings (SSSR count). The Balaban J connectivity index is 2.62. The Hall–Kier alpha value is -1.15. The maximum Gasteiger partial charge on any atom is 0.411 e. The van der Waals surface area contributed by atoms with Gasteiger partial charge in [0.15, 0.2) is 0 Å². The van der Waals surface area contributed by atoms with E-state index in [-0.39, 0.29) is 6.61 Å². The molecule has 0 fully saturated rings. The van der Waals surface area contributed by atoms with Crippen molar-refractivity contribution in [2.75, 3.05) is 6.61 Å². The number of halogens is 3. The molecular formula is C10H12F3NO3S. The van der Waals surface area contributed by atoms with Gasteiger partial charge in [-0.15, -0.1) is 11.3 Å². The van der Waals surface area contributed by atoms with Gasteiger partial charge < -0.3 is 9.84 Å². The van der Waals surface area contributed by atoms with Crippen molar-refractivity contribution < 1.29 is 27.8 Å². The fourth-order valence-corrected chi connectivity index (χ4v) is 1.93. The molecule has 0 unspecified atom stereocenters. The van der Waals surface area contributed by atoms with Gasteiger partial charge in [0, 0.05) is 5.38 Å². The van der Waals surface area contributed by atoms with Crippen molar-refractivity contribution >= 4 is 17.3 Å². The van der Waals surface area contributed by atoms with Crippen LogP contribution in [0.4, 0.5) is 13.2 Å². The number of thiazole rings is 1. The summed E-state index contributed by atoms with van der Waals surface area (Å²) < 4.78 is 40.0. The second kappa shape index (κ2) is 5.23. The summed E-state index contributed by atoms with van der Waals surface area (Å²) in [6, 6.07) is 0. The SMILES string of the molecule is CC(C)(C(=O)O)c1csc(COCC(F)(F)F)n1. The number of hydrogen-bond acceptors (Lipinski definition) is 4. The Labute approximate surface area is 105 Å². The van der Waals surface area contributed by atoms with Crippen LogP contribution in [0, 0.1) is 0 Å². The molecule has 0 aliphatic carbocycles. The third-order valence-electron chi connectivity index (χ3n) is 2.22. The Morgan fingerprint density at radius 1 is 1.50 bits per heavy atom. The van der Waals surface area contributed by atoms with E-state index in [0.717, 1.165) is 11.3 Å². The van der Waals surface area contributed by atoms with Gasteiger partial charge >= 0.3 is 12.1 Å². The van der Waals surface area contributed by atoms with Gasteiger partial charge in [0.05, 0.1) is 12.3 Å². The number of ether oxygens (including phenoxy) is 1. The molecule has 102 valence electrons. The molecular weight excluding hydrogens is 271 g/mol. The van der Waals surface area contributed by atoms with E-state index >= 15 is 0 Å². The van der Waals surface area contributed by atoms with Gasteiger partial charge in [-0.25, -0.2) is 4.98 Å². The van der Waals surface area contributed by atoms with E-state index in [1.165, 1.54) is 19.2 Å². The number of aromatic nitrogens is 1. The summed E-state index contributed by atoms with van der Waals surface area (Å²) in [7, 11) is 0. The van der Waals surface area contributed by atoms with Crippen molar-refractivity contribution in [3.63, 3.8) is 0 Å². The quantitative estimate of drug-likeness (QED) is 0.902. The molecule has 0 saturated carbocycles. The molecule has 1 aromatic rings.